The molecular formula is C24H28ClNS. The first-order chi connectivity index (χ1) is 12.6. The lowest BCUT2D eigenvalue weighted by atomic mass is 9.80. The molecule has 0 saturated carbocycles. The summed E-state index contributed by atoms with van der Waals surface area (Å²) in [6.45, 7) is 6.98. The van der Waals surface area contributed by atoms with Gasteiger partial charge in [0.25, 0.3) is 0 Å². The van der Waals surface area contributed by atoms with Crippen molar-refractivity contribution in [3.63, 3.8) is 0 Å². The van der Waals surface area contributed by atoms with E-state index in [0.29, 0.717) is 5.92 Å². The van der Waals surface area contributed by atoms with Crippen LogP contribution in [0.15, 0.2) is 24.3 Å². The maximum absolute atomic E-state index is 5.25. The third-order valence-electron chi connectivity index (χ3n) is 6.41. The van der Waals surface area contributed by atoms with Gasteiger partial charge in [-0.15, -0.1) is 23.7 Å². The minimum atomic E-state index is 0. The molecular weight excluding hydrogens is 370 g/mol. The van der Waals surface area contributed by atoms with E-state index in [1.165, 1.54) is 71.1 Å². The molecule has 2 aliphatic carbocycles. The minimum absolute atomic E-state index is 0. The second-order valence-electron chi connectivity index (χ2n) is 8.55. The van der Waals surface area contributed by atoms with Crippen LogP contribution in [0.25, 0.3) is 21.3 Å². The van der Waals surface area contributed by atoms with Gasteiger partial charge in [0.1, 0.15) is 4.83 Å². The summed E-state index contributed by atoms with van der Waals surface area (Å²) in [6, 6.07) is 9.12. The summed E-state index contributed by atoms with van der Waals surface area (Å²) in [6.07, 6.45) is 7.55. The summed E-state index contributed by atoms with van der Waals surface area (Å²) < 4.78 is 0. The van der Waals surface area contributed by atoms with Crippen LogP contribution in [0, 0.1) is 12.8 Å². The molecule has 0 N–H and O–H groups in total. The average molecular weight is 398 g/mol. The number of halogens is 1. The number of hydrogen-bond donors (Lipinski definition) is 0. The molecule has 3 aromatic rings. The van der Waals surface area contributed by atoms with E-state index in [2.05, 4.69) is 45.0 Å². The molecule has 2 atom stereocenters. The molecule has 2 heterocycles. The molecule has 0 spiro atoms. The topological polar surface area (TPSA) is 12.9 Å². The predicted molar refractivity (Wildman–Crippen MR) is 120 cm³/mol. The first kappa shape index (κ1) is 19.0. The molecule has 0 aliphatic heterocycles. The maximum Gasteiger partial charge on any atom is 0.124 e. The van der Waals surface area contributed by atoms with Gasteiger partial charge < -0.3 is 0 Å². The number of nitrogens with zero attached hydrogens (tertiary/aromatic N) is 1. The summed E-state index contributed by atoms with van der Waals surface area (Å²) in [4.78, 5) is 8.16. The number of hydrogen-bond acceptors (Lipinski definition) is 2. The quantitative estimate of drug-likeness (QED) is 0.421. The van der Waals surface area contributed by atoms with Crippen molar-refractivity contribution in [2.75, 3.05) is 0 Å². The van der Waals surface area contributed by atoms with Gasteiger partial charge in [-0.2, -0.15) is 0 Å². The second kappa shape index (κ2) is 7.22. The number of fused-ring (bicyclic) bond motifs is 4. The Labute approximate surface area is 172 Å². The van der Waals surface area contributed by atoms with E-state index in [1.54, 1.807) is 16.0 Å². The van der Waals surface area contributed by atoms with Crippen molar-refractivity contribution in [2.45, 2.75) is 65.2 Å². The summed E-state index contributed by atoms with van der Waals surface area (Å²) in [5.74, 6) is 1.40. The smallest absolute Gasteiger partial charge is 0.124 e. The van der Waals surface area contributed by atoms with Crippen LogP contribution in [0.4, 0.5) is 0 Å². The molecule has 0 saturated heterocycles. The Morgan fingerprint density at radius 1 is 1.07 bits per heavy atom. The number of pyridine rings is 1. The summed E-state index contributed by atoms with van der Waals surface area (Å²) in [5.41, 5.74) is 8.82. The lowest BCUT2D eigenvalue weighted by Gasteiger charge is -2.25. The monoisotopic (exact) mass is 397 g/mol. The summed E-state index contributed by atoms with van der Waals surface area (Å²) in [5, 5.41) is 1.50. The zero-order valence-electron chi connectivity index (χ0n) is 16.5. The molecule has 2 aromatic heterocycles. The van der Waals surface area contributed by atoms with Crippen molar-refractivity contribution in [3.8, 4) is 11.1 Å². The lowest BCUT2D eigenvalue weighted by molar-refractivity contribution is 0.509. The minimum Gasteiger partial charge on any atom is -0.241 e. The third kappa shape index (κ3) is 3.11. The van der Waals surface area contributed by atoms with Gasteiger partial charge in [0.05, 0.1) is 0 Å². The second-order valence-corrected chi connectivity index (χ2v) is 9.63. The van der Waals surface area contributed by atoms with Crippen LogP contribution >= 0.6 is 23.7 Å². The molecule has 5 rings (SSSR count). The summed E-state index contributed by atoms with van der Waals surface area (Å²) >= 11 is 1.98. The van der Waals surface area contributed by atoms with Crippen molar-refractivity contribution in [1.82, 2.24) is 4.98 Å². The van der Waals surface area contributed by atoms with Gasteiger partial charge in [-0.05, 0) is 79.5 Å². The van der Waals surface area contributed by atoms with Crippen LogP contribution in [0.2, 0.25) is 0 Å². The van der Waals surface area contributed by atoms with E-state index in [4.69, 9.17) is 4.98 Å². The molecule has 1 aromatic carbocycles. The van der Waals surface area contributed by atoms with Crippen LogP contribution in [0.1, 0.15) is 66.3 Å². The molecule has 142 valence electrons. The van der Waals surface area contributed by atoms with Gasteiger partial charge in [-0.3, -0.25) is 0 Å². The van der Waals surface area contributed by atoms with E-state index in [0.717, 1.165) is 5.92 Å². The molecule has 0 bridgehead atoms. The SMILES string of the molecule is Cc1cccc(-c2c3c(nc4sc5c(c24)CCC(C)C5)C(C)CCC3)c1.Cl. The van der Waals surface area contributed by atoms with Crippen molar-refractivity contribution in [1.29, 1.82) is 0 Å². The first-order valence-corrected chi connectivity index (χ1v) is 11.0. The van der Waals surface area contributed by atoms with Gasteiger partial charge >= 0.3 is 0 Å². The van der Waals surface area contributed by atoms with Crippen LogP contribution in [0.5, 0.6) is 0 Å². The highest BCUT2D eigenvalue weighted by Gasteiger charge is 2.29. The van der Waals surface area contributed by atoms with Gasteiger partial charge in [0.15, 0.2) is 0 Å². The number of benzene rings is 1. The largest absolute Gasteiger partial charge is 0.241 e. The Balaban J connectivity index is 0.00000180. The van der Waals surface area contributed by atoms with Crippen molar-refractivity contribution >= 4 is 34.0 Å². The van der Waals surface area contributed by atoms with Crippen molar-refractivity contribution in [3.05, 3.63) is 51.5 Å². The van der Waals surface area contributed by atoms with Crippen LogP contribution < -0.4 is 0 Å². The standard InChI is InChI=1S/C24H27NS.ClH/c1-14-6-4-8-17(12-14)21-19-9-5-7-16(3)23(19)25-24-22(21)18-11-10-15(2)13-20(18)26-24;/h4,6,8,12,15-16H,5,7,9-11,13H2,1-3H3;1H. The van der Waals surface area contributed by atoms with Crippen LogP contribution in [0.3, 0.4) is 0 Å². The molecule has 2 unspecified atom stereocenters. The fraction of sp³-hybridized carbons (Fsp3) is 0.458. The van der Waals surface area contributed by atoms with Crippen LogP contribution in [-0.2, 0) is 19.3 Å². The van der Waals surface area contributed by atoms with Crippen molar-refractivity contribution in [2.24, 2.45) is 5.92 Å². The number of aromatic nitrogens is 1. The zero-order valence-corrected chi connectivity index (χ0v) is 18.1. The molecule has 3 heteroatoms. The average Bonchev–Trinajstić information content (AvgIpc) is 2.97. The molecule has 1 nitrogen and oxygen atoms in total. The Kier molecular flexibility index (Phi) is 5.07. The molecule has 27 heavy (non-hydrogen) atoms. The fourth-order valence-electron chi connectivity index (χ4n) is 5.03. The van der Waals surface area contributed by atoms with E-state index in [9.17, 15) is 0 Å². The van der Waals surface area contributed by atoms with E-state index < -0.39 is 0 Å². The Morgan fingerprint density at radius 2 is 1.93 bits per heavy atom. The molecule has 0 radical (unpaired) electrons. The maximum atomic E-state index is 5.25. The van der Waals surface area contributed by atoms with E-state index >= 15 is 0 Å². The first-order valence-electron chi connectivity index (χ1n) is 10.2. The summed E-state index contributed by atoms with van der Waals surface area (Å²) in [7, 11) is 0. The van der Waals surface area contributed by atoms with E-state index in [1.807, 2.05) is 11.3 Å². The van der Waals surface area contributed by atoms with Crippen LogP contribution in [-0.4, -0.2) is 4.98 Å². The number of aryl methyl sites for hydroxylation is 2. The van der Waals surface area contributed by atoms with Gasteiger partial charge in [0.2, 0.25) is 0 Å². The number of thiophene rings is 1. The molecule has 0 fully saturated rings. The highest BCUT2D eigenvalue weighted by molar-refractivity contribution is 7.19. The Hall–Kier alpha value is -1.38. The predicted octanol–water partition coefficient (Wildman–Crippen LogP) is 7.26. The van der Waals surface area contributed by atoms with Gasteiger partial charge in [-0.25, -0.2) is 4.98 Å². The number of rotatable bonds is 1. The fourth-order valence-corrected chi connectivity index (χ4v) is 6.43. The van der Waals surface area contributed by atoms with E-state index in [-0.39, 0.29) is 12.4 Å². The Bertz CT molecular complexity index is 1000. The highest BCUT2D eigenvalue weighted by Crippen LogP contribution is 2.46. The highest BCUT2D eigenvalue weighted by atomic mass is 35.5. The lowest BCUT2D eigenvalue weighted by Crippen LogP contribution is -2.12. The Morgan fingerprint density at radius 3 is 2.74 bits per heavy atom. The normalized spacial score (nSPS) is 21.4. The zero-order chi connectivity index (χ0) is 17.8. The third-order valence-corrected chi connectivity index (χ3v) is 7.56. The molecule has 2 aliphatic rings. The van der Waals surface area contributed by atoms with Gasteiger partial charge in [-0.1, -0.05) is 43.7 Å². The van der Waals surface area contributed by atoms with Gasteiger partial charge in [0, 0.05) is 16.0 Å². The van der Waals surface area contributed by atoms with Crippen molar-refractivity contribution < 1.29 is 0 Å². The molecule has 0 amide bonds.